The number of hydrazine groups is 1. The highest BCUT2D eigenvalue weighted by Crippen LogP contribution is 2.33. The standard InChI is InChI=1S/C36H47N7O2.C29H35N5O/c1-36(2,3)28-13-11-27(12-14-28)34-38-31-9-8-10-32(33(31)39-34)42-23-21-41(22-24-42)25-26-45-30-17-15-29(16-18-30)37-35(44)40-43-19-6-4-5-7-20-43;1-29(2,3)22-9-7-21(8-10-22)28-31-25-5-4-6-26(27(25)32-28)34-17-15-33(16-18-34)19-20-35-24-13-11-23(30)12-14-24/h8-18H,4-7,19-26H2,1-3H3,(H,38,39)(H2,37,40,44);4-14H,15-20,30H2,1-3H3,(H,31,32). The molecule has 2 amide bonds. The molecule has 5 heterocycles. The predicted octanol–water partition coefficient (Wildman–Crippen LogP) is 12.0. The lowest BCUT2D eigenvalue weighted by Crippen LogP contribution is -2.47. The highest BCUT2D eigenvalue weighted by Gasteiger charge is 2.23. The molecule has 15 heteroatoms. The Kier molecular flexibility index (Phi) is 17.6. The Balaban J connectivity index is 0.000000186. The van der Waals surface area contributed by atoms with Gasteiger partial charge in [0.15, 0.2) is 0 Å². The number of para-hydroxylation sites is 2. The van der Waals surface area contributed by atoms with Crippen LogP contribution < -0.4 is 35.7 Å². The fraction of sp³-hybridized carbons (Fsp3) is 0.400. The number of imidazole rings is 2. The molecule has 2 aromatic heterocycles. The van der Waals surface area contributed by atoms with Gasteiger partial charge in [0.1, 0.15) is 47.4 Å². The zero-order valence-electron chi connectivity index (χ0n) is 47.9. The zero-order chi connectivity index (χ0) is 55.6. The highest BCUT2D eigenvalue weighted by atomic mass is 16.5. The van der Waals surface area contributed by atoms with Gasteiger partial charge in [-0.3, -0.25) is 15.2 Å². The van der Waals surface area contributed by atoms with E-state index in [9.17, 15) is 4.79 Å². The van der Waals surface area contributed by atoms with E-state index in [-0.39, 0.29) is 16.9 Å². The number of rotatable bonds is 14. The second-order valence-corrected chi connectivity index (χ2v) is 23.6. The lowest BCUT2D eigenvalue weighted by atomic mass is 9.87. The number of nitrogens with two attached hydrogens (primary N) is 1. The van der Waals surface area contributed by atoms with E-state index in [1.807, 2.05) is 53.5 Å². The number of aromatic nitrogens is 4. The summed E-state index contributed by atoms with van der Waals surface area (Å²) in [6.07, 6.45) is 4.71. The number of amides is 2. The number of aromatic amines is 2. The number of carbonyl (C=O) groups is 1. The molecule has 0 unspecified atom stereocenters. The average Bonchev–Trinajstić information content (AvgIpc) is 4.04. The number of nitrogen functional groups attached to an aromatic ring is 1. The highest BCUT2D eigenvalue weighted by molar-refractivity contribution is 5.92. The second-order valence-electron chi connectivity index (χ2n) is 23.6. The van der Waals surface area contributed by atoms with Crippen LogP contribution in [0.15, 0.2) is 133 Å². The molecule has 420 valence electrons. The molecule has 6 aromatic carbocycles. The number of anilines is 4. The molecule has 3 aliphatic rings. The Bertz CT molecular complexity index is 3240. The maximum Gasteiger partial charge on any atom is 0.333 e. The second kappa shape index (κ2) is 25.2. The number of hydrogen-bond donors (Lipinski definition) is 5. The van der Waals surface area contributed by atoms with Gasteiger partial charge in [0, 0.05) is 101 Å². The first-order valence-electron chi connectivity index (χ1n) is 28.9. The summed E-state index contributed by atoms with van der Waals surface area (Å²) in [5.74, 6) is 3.51. The van der Waals surface area contributed by atoms with Gasteiger partial charge >= 0.3 is 6.03 Å². The summed E-state index contributed by atoms with van der Waals surface area (Å²) >= 11 is 0. The number of fused-ring (bicyclic) bond motifs is 2. The Morgan fingerprint density at radius 3 is 1.38 bits per heavy atom. The van der Waals surface area contributed by atoms with E-state index < -0.39 is 0 Å². The van der Waals surface area contributed by atoms with Crippen LogP contribution in [-0.2, 0) is 10.8 Å². The molecule has 0 saturated carbocycles. The van der Waals surface area contributed by atoms with Crippen molar-refractivity contribution in [1.82, 2.24) is 40.2 Å². The minimum Gasteiger partial charge on any atom is -0.492 e. The molecular formula is C65H82N12O3. The van der Waals surface area contributed by atoms with E-state index in [0.717, 1.165) is 159 Å². The van der Waals surface area contributed by atoms with Crippen LogP contribution in [0.4, 0.5) is 27.5 Å². The van der Waals surface area contributed by atoms with Gasteiger partial charge in [-0.05, 0) is 108 Å². The molecule has 3 saturated heterocycles. The van der Waals surface area contributed by atoms with E-state index in [2.05, 4.69) is 167 Å². The molecule has 0 spiro atoms. The van der Waals surface area contributed by atoms with Crippen molar-refractivity contribution in [2.45, 2.75) is 78.1 Å². The fourth-order valence-corrected chi connectivity index (χ4v) is 10.8. The molecule has 6 N–H and O–H groups in total. The third-order valence-electron chi connectivity index (χ3n) is 15.7. The third kappa shape index (κ3) is 14.4. The maximum atomic E-state index is 12.4. The summed E-state index contributed by atoms with van der Waals surface area (Å²) in [4.78, 5) is 39.3. The SMILES string of the molecule is CC(C)(C)c1ccc(-c2nc3c(N4CCN(CCOc5ccc(N)cc5)CC4)cccc3[nH]2)cc1.CC(C)(C)c1ccc(-c2nc3c(N4CCN(CCOc5ccc(NC(=O)NN6CCCCCC6)cc5)CC4)cccc3[nH]2)cc1. The van der Waals surface area contributed by atoms with Crippen molar-refractivity contribution >= 4 is 50.8 Å². The van der Waals surface area contributed by atoms with Crippen LogP contribution in [0, 0.1) is 0 Å². The number of carbonyl (C=O) groups excluding carboxylic acids is 1. The van der Waals surface area contributed by atoms with Gasteiger partial charge in [-0.2, -0.15) is 0 Å². The molecule has 80 heavy (non-hydrogen) atoms. The molecule has 0 aliphatic carbocycles. The molecule has 0 bridgehead atoms. The van der Waals surface area contributed by atoms with Crippen molar-refractivity contribution in [3.8, 4) is 34.3 Å². The molecule has 3 aliphatic heterocycles. The van der Waals surface area contributed by atoms with Crippen LogP contribution in [0.1, 0.15) is 78.4 Å². The minimum absolute atomic E-state index is 0.129. The quantitative estimate of drug-likeness (QED) is 0.0660. The van der Waals surface area contributed by atoms with Gasteiger partial charge in [0.2, 0.25) is 0 Å². The van der Waals surface area contributed by atoms with Gasteiger partial charge in [-0.15, -0.1) is 0 Å². The number of ether oxygens (including phenoxy) is 2. The van der Waals surface area contributed by atoms with E-state index in [0.29, 0.717) is 13.2 Å². The van der Waals surface area contributed by atoms with E-state index in [1.54, 1.807) is 0 Å². The first-order valence-corrected chi connectivity index (χ1v) is 28.9. The van der Waals surface area contributed by atoms with Crippen molar-refractivity contribution in [3.63, 3.8) is 0 Å². The summed E-state index contributed by atoms with van der Waals surface area (Å²) < 4.78 is 11.9. The van der Waals surface area contributed by atoms with Crippen molar-refractivity contribution in [1.29, 1.82) is 0 Å². The Hall–Kier alpha value is -7.59. The molecule has 0 atom stereocenters. The van der Waals surface area contributed by atoms with Crippen molar-refractivity contribution in [2.75, 3.05) is 113 Å². The van der Waals surface area contributed by atoms with Gasteiger partial charge in [0.25, 0.3) is 0 Å². The molecular weight excluding hydrogens is 997 g/mol. The van der Waals surface area contributed by atoms with E-state index in [4.69, 9.17) is 25.2 Å². The lowest BCUT2D eigenvalue weighted by molar-refractivity contribution is 0.190. The van der Waals surface area contributed by atoms with Crippen LogP contribution in [-0.4, -0.2) is 133 Å². The van der Waals surface area contributed by atoms with Crippen LogP contribution >= 0.6 is 0 Å². The average molecular weight is 1080 g/mol. The molecule has 15 nitrogen and oxygen atoms in total. The number of H-pyrrole nitrogens is 2. The van der Waals surface area contributed by atoms with Crippen LogP contribution in [0.5, 0.6) is 11.5 Å². The first kappa shape index (κ1) is 55.7. The fourth-order valence-electron chi connectivity index (χ4n) is 10.8. The summed E-state index contributed by atoms with van der Waals surface area (Å²) in [6.45, 7) is 26.1. The minimum atomic E-state index is -0.195. The summed E-state index contributed by atoms with van der Waals surface area (Å²) in [7, 11) is 0. The van der Waals surface area contributed by atoms with E-state index >= 15 is 0 Å². The first-order chi connectivity index (χ1) is 38.7. The van der Waals surface area contributed by atoms with Crippen LogP contribution in [0.3, 0.4) is 0 Å². The summed E-state index contributed by atoms with van der Waals surface area (Å²) in [5, 5.41) is 4.94. The van der Waals surface area contributed by atoms with Gasteiger partial charge < -0.3 is 40.3 Å². The predicted molar refractivity (Wildman–Crippen MR) is 328 cm³/mol. The van der Waals surface area contributed by atoms with Crippen molar-refractivity contribution in [3.05, 3.63) is 145 Å². The Labute approximate surface area is 472 Å². The van der Waals surface area contributed by atoms with Gasteiger partial charge in [-0.25, -0.2) is 19.8 Å². The molecule has 3 fully saturated rings. The molecule has 0 radical (unpaired) electrons. The summed E-state index contributed by atoms with van der Waals surface area (Å²) in [5.41, 5.74) is 22.0. The van der Waals surface area contributed by atoms with E-state index in [1.165, 1.54) is 35.3 Å². The lowest BCUT2D eigenvalue weighted by Gasteiger charge is -2.36. The molecule has 11 rings (SSSR count). The zero-order valence-corrected chi connectivity index (χ0v) is 47.9. The number of nitrogens with one attached hydrogen (secondary N) is 4. The maximum absolute atomic E-state index is 12.4. The number of piperazine rings is 2. The topological polar surface area (TPSA) is 159 Å². The van der Waals surface area contributed by atoms with Crippen molar-refractivity contribution in [2.24, 2.45) is 0 Å². The van der Waals surface area contributed by atoms with Crippen LogP contribution in [0.2, 0.25) is 0 Å². The van der Waals surface area contributed by atoms with Gasteiger partial charge in [-0.1, -0.05) is 115 Å². The normalized spacial score (nSPS) is 16.0. The Morgan fingerprint density at radius 1 is 0.525 bits per heavy atom. The smallest absolute Gasteiger partial charge is 0.333 e. The largest absolute Gasteiger partial charge is 0.492 e. The number of benzene rings is 6. The van der Waals surface area contributed by atoms with Crippen LogP contribution in [0.25, 0.3) is 44.8 Å². The van der Waals surface area contributed by atoms with Crippen molar-refractivity contribution < 1.29 is 14.3 Å². The van der Waals surface area contributed by atoms with Gasteiger partial charge in [0.05, 0.1) is 22.4 Å². The third-order valence-corrected chi connectivity index (χ3v) is 15.7. The monoisotopic (exact) mass is 1080 g/mol. The summed E-state index contributed by atoms with van der Waals surface area (Å²) in [6, 6.07) is 45.3. The Morgan fingerprint density at radius 2 is 0.950 bits per heavy atom. The molecule has 8 aromatic rings. The number of nitrogens with zero attached hydrogens (tertiary/aromatic N) is 7. The number of hydrogen-bond acceptors (Lipinski definition) is 11. The number of urea groups is 1.